The van der Waals surface area contributed by atoms with Crippen molar-refractivity contribution < 1.29 is 27.9 Å². The van der Waals surface area contributed by atoms with Crippen LogP contribution in [0.2, 0.25) is 0 Å². The molecule has 0 unspecified atom stereocenters. The monoisotopic (exact) mass is 383 g/mol. The van der Waals surface area contributed by atoms with Gasteiger partial charge in [-0.25, -0.2) is 8.42 Å². The summed E-state index contributed by atoms with van der Waals surface area (Å²) in [6, 6.07) is 4.75. The summed E-state index contributed by atoms with van der Waals surface area (Å²) >= 11 is 0. The van der Waals surface area contributed by atoms with Crippen molar-refractivity contribution in [3.8, 4) is 0 Å². The quantitative estimate of drug-likeness (QED) is 0.695. The number of rotatable bonds is 7. The van der Waals surface area contributed by atoms with Crippen molar-refractivity contribution in [2.75, 3.05) is 6.26 Å². The van der Waals surface area contributed by atoms with E-state index in [1.165, 1.54) is 25.1 Å². The molecule has 0 bridgehead atoms. The van der Waals surface area contributed by atoms with Gasteiger partial charge in [0.2, 0.25) is 5.91 Å². The van der Waals surface area contributed by atoms with Crippen LogP contribution in [0.1, 0.15) is 44.5 Å². The van der Waals surface area contributed by atoms with Crippen LogP contribution in [0.5, 0.6) is 0 Å². The zero-order valence-electron chi connectivity index (χ0n) is 15.6. The molecular formula is C18H25NO6S. The van der Waals surface area contributed by atoms with Gasteiger partial charge in [-0.15, -0.1) is 0 Å². The Morgan fingerprint density at radius 1 is 1.15 bits per heavy atom. The fourth-order valence-electron chi connectivity index (χ4n) is 2.48. The number of hydrogen-bond donors (Lipinski definition) is 2. The molecule has 0 aliphatic rings. The van der Waals surface area contributed by atoms with Crippen LogP contribution in [0, 0.1) is 11.3 Å². The van der Waals surface area contributed by atoms with Crippen molar-refractivity contribution in [3.05, 3.63) is 29.8 Å². The number of sulfone groups is 1. The molecule has 0 heterocycles. The van der Waals surface area contributed by atoms with Crippen molar-refractivity contribution in [3.63, 3.8) is 0 Å². The lowest BCUT2D eigenvalue weighted by Crippen LogP contribution is -2.45. The van der Waals surface area contributed by atoms with E-state index in [2.05, 4.69) is 5.32 Å². The van der Waals surface area contributed by atoms with E-state index in [-0.39, 0.29) is 16.9 Å². The van der Waals surface area contributed by atoms with Gasteiger partial charge in [-0.1, -0.05) is 39.0 Å². The highest BCUT2D eigenvalue weighted by Crippen LogP contribution is 2.31. The molecule has 8 heteroatoms. The van der Waals surface area contributed by atoms with Gasteiger partial charge in [0, 0.05) is 18.2 Å². The molecule has 0 aliphatic carbocycles. The number of carbonyl (C=O) groups excluding carboxylic acids is 2. The van der Waals surface area contributed by atoms with Gasteiger partial charge in [-0.3, -0.25) is 14.4 Å². The maximum absolute atomic E-state index is 12.7. The number of hydrogen-bond acceptors (Lipinski definition) is 5. The standard InChI is InChI=1S/C18H25NO6S/c1-11(17(22)23)19-16(21)13(18(2,3)4)10-14(20)12-8-6-7-9-15(12)26(5,24)25/h6-9,11,13H,10H2,1-5H3,(H,19,21)(H,22,23)/t11-,13+/m0/s1. The number of amides is 1. The first-order valence-electron chi connectivity index (χ1n) is 8.10. The zero-order valence-corrected chi connectivity index (χ0v) is 16.4. The Morgan fingerprint density at radius 3 is 2.15 bits per heavy atom. The van der Waals surface area contributed by atoms with Crippen molar-refractivity contribution in [1.29, 1.82) is 0 Å². The topological polar surface area (TPSA) is 118 Å². The number of benzene rings is 1. The average molecular weight is 383 g/mol. The van der Waals surface area contributed by atoms with Crippen LogP contribution in [-0.4, -0.2) is 43.5 Å². The number of carboxylic acid groups (broad SMARTS) is 1. The first kappa shape index (κ1) is 21.8. The van der Waals surface area contributed by atoms with Crippen LogP contribution in [0.4, 0.5) is 0 Å². The SMILES string of the molecule is C[C@H](NC(=O)[C@@H](CC(=O)c1ccccc1S(C)(=O)=O)C(C)(C)C)C(=O)O. The van der Waals surface area contributed by atoms with Crippen LogP contribution < -0.4 is 5.32 Å². The maximum atomic E-state index is 12.7. The van der Waals surface area contributed by atoms with Crippen LogP contribution in [-0.2, 0) is 19.4 Å². The number of Topliss-reactive ketones (excluding diaryl/α,β-unsaturated/α-hetero) is 1. The van der Waals surface area contributed by atoms with E-state index in [1.807, 2.05) is 0 Å². The van der Waals surface area contributed by atoms with Gasteiger partial charge < -0.3 is 10.4 Å². The molecule has 0 radical (unpaired) electrons. The van der Waals surface area contributed by atoms with Gasteiger partial charge in [0.25, 0.3) is 0 Å². The van der Waals surface area contributed by atoms with E-state index < -0.39 is 44.9 Å². The molecule has 0 aromatic heterocycles. The summed E-state index contributed by atoms with van der Waals surface area (Å²) < 4.78 is 23.8. The summed E-state index contributed by atoms with van der Waals surface area (Å²) in [7, 11) is -3.60. The molecule has 0 saturated carbocycles. The Labute approximate surface area is 153 Å². The van der Waals surface area contributed by atoms with Gasteiger partial charge in [0.05, 0.1) is 10.8 Å². The summed E-state index contributed by atoms with van der Waals surface area (Å²) in [6.07, 6.45) is 0.788. The summed E-state index contributed by atoms with van der Waals surface area (Å²) in [4.78, 5) is 36.1. The molecule has 1 amide bonds. The smallest absolute Gasteiger partial charge is 0.325 e. The van der Waals surface area contributed by atoms with Gasteiger partial charge in [-0.2, -0.15) is 0 Å². The number of nitrogens with one attached hydrogen (secondary N) is 1. The molecule has 0 fully saturated rings. The zero-order chi connectivity index (χ0) is 20.3. The van der Waals surface area contributed by atoms with Crippen LogP contribution in [0.25, 0.3) is 0 Å². The van der Waals surface area contributed by atoms with Crippen molar-refractivity contribution in [2.24, 2.45) is 11.3 Å². The Bertz CT molecular complexity index is 807. The fourth-order valence-corrected chi connectivity index (χ4v) is 3.39. The van der Waals surface area contributed by atoms with Crippen LogP contribution in [0.3, 0.4) is 0 Å². The van der Waals surface area contributed by atoms with Crippen LogP contribution >= 0.6 is 0 Å². The van der Waals surface area contributed by atoms with Gasteiger partial charge >= 0.3 is 5.97 Å². The first-order chi connectivity index (χ1) is 11.7. The molecule has 0 aliphatic heterocycles. The van der Waals surface area contributed by atoms with Crippen LogP contribution in [0.15, 0.2) is 29.2 Å². The predicted molar refractivity (Wildman–Crippen MR) is 96.7 cm³/mol. The average Bonchev–Trinajstić information content (AvgIpc) is 2.50. The molecule has 2 atom stereocenters. The normalized spacial score (nSPS) is 14.3. The summed E-state index contributed by atoms with van der Waals surface area (Å²) in [6.45, 7) is 6.62. The molecule has 0 spiro atoms. The molecule has 1 aromatic rings. The molecule has 1 aromatic carbocycles. The minimum absolute atomic E-state index is 0.0309. The molecule has 2 N–H and O–H groups in total. The third kappa shape index (κ3) is 5.66. The largest absolute Gasteiger partial charge is 0.480 e. The highest BCUT2D eigenvalue weighted by atomic mass is 32.2. The Morgan fingerprint density at radius 2 is 1.69 bits per heavy atom. The van der Waals surface area contributed by atoms with E-state index in [0.29, 0.717) is 0 Å². The highest BCUT2D eigenvalue weighted by Gasteiger charge is 2.35. The van der Waals surface area contributed by atoms with E-state index in [0.717, 1.165) is 6.26 Å². The third-order valence-corrected chi connectivity index (χ3v) is 5.22. The molecule has 0 saturated heterocycles. The van der Waals surface area contributed by atoms with E-state index in [4.69, 9.17) is 5.11 Å². The molecular weight excluding hydrogens is 358 g/mol. The number of ketones is 1. The summed E-state index contributed by atoms with van der Waals surface area (Å²) in [5.74, 6) is -3.04. The second-order valence-corrected chi connectivity index (χ2v) is 9.37. The van der Waals surface area contributed by atoms with Gasteiger partial charge in [-0.05, 0) is 18.4 Å². The minimum atomic E-state index is -3.60. The lowest BCUT2D eigenvalue weighted by Gasteiger charge is -2.30. The molecule has 144 valence electrons. The predicted octanol–water partition coefficient (Wildman–Crippen LogP) is 1.91. The second-order valence-electron chi connectivity index (χ2n) is 7.38. The van der Waals surface area contributed by atoms with Crippen molar-refractivity contribution in [2.45, 2.75) is 45.1 Å². The fraction of sp³-hybridized carbons (Fsp3) is 0.500. The first-order valence-corrected chi connectivity index (χ1v) is 9.99. The minimum Gasteiger partial charge on any atom is -0.480 e. The molecule has 1 rings (SSSR count). The Hall–Kier alpha value is -2.22. The van der Waals surface area contributed by atoms with E-state index >= 15 is 0 Å². The van der Waals surface area contributed by atoms with Crippen molar-refractivity contribution in [1.82, 2.24) is 5.32 Å². The van der Waals surface area contributed by atoms with Gasteiger partial charge in [0.15, 0.2) is 15.6 Å². The third-order valence-electron chi connectivity index (χ3n) is 4.07. The summed E-state index contributed by atoms with van der Waals surface area (Å²) in [5.41, 5.74) is -0.596. The number of aliphatic carboxylic acids is 1. The lowest BCUT2D eigenvalue weighted by atomic mass is 9.76. The Kier molecular flexibility index (Phi) is 6.70. The van der Waals surface area contributed by atoms with Gasteiger partial charge in [0.1, 0.15) is 6.04 Å². The summed E-state index contributed by atoms with van der Waals surface area (Å²) in [5, 5.41) is 11.3. The van der Waals surface area contributed by atoms with Crippen molar-refractivity contribution >= 4 is 27.5 Å². The highest BCUT2D eigenvalue weighted by molar-refractivity contribution is 7.90. The maximum Gasteiger partial charge on any atom is 0.325 e. The second kappa shape index (κ2) is 7.99. The molecule has 7 nitrogen and oxygen atoms in total. The number of carboxylic acids is 1. The van der Waals surface area contributed by atoms with E-state index in [9.17, 15) is 22.8 Å². The Balaban J connectivity index is 3.17. The molecule has 26 heavy (non-hydrogen) atoms. The lowest BCUT2D eigenvalue weighted by molar-refractivity contribution is -0.142. The van der Waals surface area contributed by atoms with E-state index in [1.54, 1.807) is 26.8 Å². The number of carbonyl (C=O) groups is 3.